The van der Waals surface area contributed by atoms with Gasteiger partial charge in [-0.1, -0.05) is 0 Å². The van der Waals surface area contributed by atoms with Gasteiger partial charge in [0.05, 0.1) is 11.9 Å². The van der Waals surface area contributed by atoms with Crippen LogP contribution in [0.4, 0.5) is 11.5 Å². The lowest BCUT2D eigenvalue weighted by Gasteiger charge is -2.34. The van der Waals surface area contributed by atoms with Gasteiger partial charge in [-0.25, -0.2) is 4.98 Å². The van der Waals surface area contributed by atoms with Crippen LogP contribution in [0, 0.1) is 0 Å². The smallest absolute Gasteiger partial charge is 0.138 e. The lowest BCUT2D eigenvalue weighted by atomic mass is 10.3. The van der Waals surface area contributed by atoms with Gasteiger partial charge in [0.15, 0.2) is 0 Å². The fourth-order valence-electron chi connectivity index (χ4n) is 3.39. The van der Waals surface area contributed by atoms with Crippen molar-refractivity contribution in [2.45, 2.75) is 12.8 Å². The molecule has 0 saturated carbocycles. The van der Waals surface area contributed by atoms with E-state index < -0.39 is 0 Å². The van der Waals surface area contributed by atoms with Crippen LogP contribution >= 0.6 is 0 Å². The fraction of sp³-hybridized carbons (Fsp3) is 0.562. The molecule has 0 N–H and O–H groups in total. The zero-order valence-corrected chi connectivity index (χ0v) is 12.7. The average molecular weight is 285 g/mol. The number of anilines is 2. The van der Waals surface area contributed by atoms with Crippen molar-refractivity contribution in [3.05, 3.63) is 24.5 Å². The minimum atomic E-state index is 1.05. The second-order valence-corrected chi connectivity index (χ2v) is 6.22. The Bertz CT molecular complexity index is 621. The summed E-state index contributed by atoms with van der Waals surface area (Å²) >= 11 is 0. The molecule has 2 saturated heterocycles. The van der Waals surface area contributed by atoms with Crippen LogP contribution in [0.3, 0.4) is 0 Å². The molecule has 0 unspecified atom stereocenters. The lowest BCUT2D eigenvalue weighted by molar-refractivity contribution is 0.313. The van der Waals surface area contributed by atoms with Gasteiger partial charge in [-0.3, -0.25) is 4.40 Å². The maximum Gasteiger partial charge on any atom is 0.138 e. The normalized spacial score (nSPS) is 20.6. The number of imidazole rings is 1. The summed E-state index contributed by atoms with van der Waals surface area (Å²) in [4.78, 5) is 11.9. The number of aromatic nitrogens is 2. The summed E-state index contributed by atoms with van der Waals surface area (Å²) in [6.45, 7) is 6.81. The Balaban J connectivity index is 1.66. The Kier molecular flexibility index (Phi) is 3.22. The first-order chi connectivity index (χ1) is 10.3. The SMILES string of the molecule is CN1CCN(c2ccc3ncc(N4CCCC4)n3c2)CC1. The molecule has 0 atom stereocenters. The van der Waals surface area contributed by atoms with Crippen LogP contribution in [0.1, 0.15) is 12.8 Å². The number of rotatable bonds is 2. The highest BCUT2D eigenvalue weighted by Gasteiger charge is 2.18. The molecule has 2 aromatic heterocycles. The fourth-order valence-corrected chi connectivity index (χ4v) is 3.39. The number of likely N-dealkylation sites (N-methyl/N-ethyl adjacent to an activating group) is 1. The van der Waals surface area contributed by atoms with Gasteiger partial charge in [0, 0.05) is 45.5 Å². The molecule has 0 amide bonds. The summed E-state index contributed by atoms with van der Waals surface area (Å²) in [5.41, 5.74) is 2.36. The van der Waals surface area contributed by atoms with Gasteiger partial charge in [-0.05, 0) is 32.0 Å². The van der Waals surface area contributed by atoms with Crippen molar-refractivity contribution in [2.75, 3.05) is 56.1 Å². The Morgan fingerprint density at radius 3 is 2.43 bits per heavy atom. The molecule has 4 heterocycles. The van der Waals surface area contributed by atoms with Crippen LogP contribution < -0.4 is 9.80 Å². The van der Waals surface area contributed by atoms with Crippen molar-refractivity contribution >= 4 is 17.2 Å². The van der Waals surface area contributed by atoms with E-state index in [4.69, 9.17) is 0 Å². The molecule has 2 aliphatic heterocycles. The Morgan fingerprint density at radius 2 is 1.67 bits per heavy atom. The molecular formula is C16H23N5. The molecular weight excluding hydrogens is 262 g/mol. The van der Waals surface area contributed by atoms with E-state index in [-0.39, 0.29) is 0 Å². The van der Waals surface area contributed by atoms with Gasteiger partial charge in [-0.2, -0.15) is 0 Å². The van der Waals surface area contributed by atoms with Crippen molar-refractivity contribution in [3.8, 4) is 0 Å². The molecule has 21 heavy (non-hydrogen) atoms. The minimum Gasteiger partial charge on any atom is -0.368 e. The highest BCUT2D eigenvalue weighted by atomic mass is 15.3. The molecule has 0 radical (unpaired) electrons. The molecule has 0 bridgehead atoms. The Morgan fingerprint density at radius 1 is 0.905 bits per heavy atom. The van der Waals surface area contributed by atoms with Gasteiger partial charge < -0.3 is 14.7 Å². The molecule has 0 aliphatic carbocycles. The number of piperazine rings is 1. The van der Waals surface area contributed by atoms with Crippen molar-refractivity contribution in [1.29, 1.82) is 0 Å². The van der Waals surface area contributed by atoms with Crippen LogP contribution in [-0.4, -0.2) is 60.6 Å². The van der Waals surface area contributed by atoms with Gasteiger partial charge in [-0.15, -0.1) is 0 Å². The molecule has 112 valence electrons. The summed E-state index contributed by atoms with van der Waals surface area (Å²) in [6, 6.07) is 4.36. The van der Waals surface area contributed by atoms with E-state index in [1.165, 1.54) is 24.3 Å². The van der Waals surface area contributed by atoms with E-state index in [9.17, 15) is 0 Å². The summed E-state index contributed by atoms with van der Waals surface area (Å²) in [7, 11) is 2.20. The van der Waals surface area contributed by atoms with Crippen molar-refractivity contribution in [2.24, 2.45) is 0 Å². The molecule has 2 aromatic rings. The number of fused-ring (bicyclic) bond motifs is 1. The third-order valence-corrected chi connectivity index (χ3v) is 4.77. The molecule has 5 nitrogen and oxygen atoms in total. The monoisotopic (exact) mass is 285 g/mol. The molecule has 0 spiro atoms. The van der Waals surface area contributed by atoms with Crippen molar-refractivity contribution in [3.63, 3.8) is 0 Å². The van der Waals surface area contributed by atoms with Gasteiger partial charge in [0.2, 0.25) is 0 Å². The third kappa shape index (κ3) is 2.35. The van der Waals surface area contributed by atoms with Crippen LogP contribution in [0.25, 0.3) is 5.65 Å². The lowest BCUT2D eigenvalue weighted by Crippen LogP contribution is -2.44. The number of nitrogens with zero attached hydrogens (tertiary/aromatic N) is 5. The largest absolute Gasteiger partial charge is 0.368 e. The summed E-state index contributed by atoms with van der Waals surface area (Å²) < 4.78 is 2.26. The maximum absolute atomic E-state index is 4.56. The molecule has 2 fully saturated rings. The van der Waals surface area contributed by atoms with E-state index in [1.54, 1.807) is 0 Å². The third-order valence-electron chi connectivity index (χ3n) is 4.77. The first kappa shape index (κ1) is 13.0. The minimum absolute atomic E-state index is 1.05. The van der Waals surface area contributed by atoms with Crippen LogP contribution in [0.2, 0.25) is 0 Å². The topological polar surface area (TPSA) is 27.0 Å². The zero-order chi connectivity index (χ0) is 14.2. The van der Waals surface area contributed by atoms with Crippen LogP contribution in [-0.2, 0) is 0 Å². The van der Waals surface area contributed by atoms with E-state index >= 15 is 0 Å². The number of hydrogen-bond acceptors (Lipinski definition) is 4. The average Bonchev–Trinajstić information content (AvgIpc) is 3.16. The zero-order valence-electron chi connectivity index (χ0n) is 12.7. The maximum atomic E-state index is 4.56. The molecule has 2 aliphatic rings. The highest BCUT2D eigenvalue weighted by molar-refractivity contribution is 5.58. The number of pyridine rings is 1. The molecule has 4 rings (SSSR count). The first-order valence-electron chi connectivity index (χ1n) is 7.97. The molecule has 0 aromatic carbocycles. The summed E-state index contributed by atoms with van der Waals surface area (Å²) in [6.07, 6.45) is 6.88. The standard InChI is InChI=1S/C16H23N5/c1-18-8-10-19(11-9-18)14-4-5-15-17-12-16(21(15)13-14)20-6-2-3-7-20/h4-5,12-13H,2-3,6-11H2,1H3. The first-order valence-corrected chi connectivity index (χ1v) is 7.97. The van der Waals surface area contributed by atoms with Gasteiger partial charge in [0.25, 0.3) is 0 Å². The van der Waals surface area contributed by atoms with Gasteiger partial charge >= 0.3 is 0 Å². The molecule has 5 heteroatoms. The predicted octanol–water partition coefficient (Wildman–Crippen LogP) is 1.69. The van der Waals surface area contributed by atoms with E-state index in [2.05, 4.69) is 49.5 Å². The Labute approximate surface area is 125 Å². The van der Waals surface area contributed by atoms with Gasteiger partial charge in [0.1, 0.15) is 11.5 Å². The van der Waals surface area contributed by atoms with Crippen molar-refractivity contribution < 1.29 is 0 Å². The quantitative estimate of drug-likeness (QED) is 0.839. The van der Waals surface area contributed by atoms with Crippen molar-refractivity contribution in [1.82, 2.24) is 14.3 Å². The number of hydrogen-bond donors (Lipinski definition) is 0. The summed E-state index contributed by atoms with van der Waals surface area (Å²) in [5.74, 6) is 1.25. The second kappa shape index (κ2) is 5.22. The Hall–Kier alpha value is -1.75. The van der Waals surface area contributed by atoms with Crippen LogP contribution in [0.5, 0.6) is 0 Å². The van der Waals surface area contributed by atoms with E-state index in [1.807, 2.05) is 6.20 Å². The van der Waals surface area contributed by atoms with Crippen LogP contribution in [0.15, 0.2) is 24.5 Å². The summed E-state index contributed by atoms with van der Waals surface area (Å²) in [5, 5.41) is 0. The van der Waals surface area contributed by atoms with E-state index in [0.717, 1.165) is 44.9 Å². The second-order valence-electron chi connectivity index (χ2n) is 6.22. The predicted molar refractivity (Wildman–Crippen MR) is 86.3 cm³/mol. The van der Waals surface area contributed by atoms with E-state index in [0.29, 0.717) is 0 Å². The highest BCUT2D eigenvalue weighted by Crippen LogP contribution is 2.24.